The van der Waals surface area contributed by atoms with Gasteiger partial charge in [0.2, 0.25) is 6.41 Å². The van der Waals surface area contributed by atoms with Crippen molar-refractivity contribution in [2.45, 2.75) is 25.3 Å². The van der Waals surface area contributed by atoms with Crippen LogP contribution < -0.4 is 5.32 Å². The number of aromatic amines is 1. The number of benzene rings is 2. The number of imidazole rings is 1. The molecule has 5 heteroatoms. The lowest BCUT2D eigenvalue weighted by Gasteiger charge is -2.31. The normalized spacial score (nSPS) is 18.3. The first kappa shape index (κ1) is 15.8. The minimum Gasteiger partial charge on any atom is -0.342 e. The highest BCUT2D eigenvalue weighted by atomic mass is 16.1. The number of piperidine rings is 1. The number of fused-ring (bicyclic) bond motifs is 1. The topological polar surface area (TPSA) is 61.0 Å². The van der Waals surface area contributed by atoms with Crippen LogP contribution in [0.3, 0.4) is 0 Å². The third-order valence-electron chi connectivity index (χ3n) is 4.89. The highest BCUT2D eigenvalue weighted by molar-refractivity contribution is 5.92. The first-order valence-corrected chi connectivity index (χ1v) is 8.78. The van der Waals surface area contributed by atoms with Gasteiger partial charge < -0.3 is 10.3 Å². The molecule has 1 aromatic heterocycles. The standard InChI is InChI=1S/C20H22N4O/c25-14-21-17-9-4-10-18-19(17)23-20(22-18)16-8-5-11-24(13-16)12-15-6-2-1-3-7-15/h1-4,6-7,9-10,14,16H,5,8,11-13H2,(H,21,25)(H,22,23). The number of nitrogens with one attached hydrogen (secondary N) is 2. The van der Waals surface area contributed by atoms with Crippen LogP contribution in [0.15, 0.2) is 48.5 Å². The molecule has 25 heavy (non-hydrogen) atoms. The maximum atomic E-state index is 10.8. The van der Waals surface area contributed by atoms with Crippen LogP contribution in [0.1, 0.15) is 30.1 Å². The Morgan fingerprint density at radius 3 is 2.92 bits per heavy atom. The molecule has 2 N–H and O–H groups in total. The lowest BCUT2D eigenvalue weighted by molar-refractivity contribution is -0.105. The molecule has 2 aromatic carbocycles. The summed E-state index contributed by atoms with van der Waals surface area (Å²) in [5.74, 6) is 1.42. The van der Waals surface area contributed by atoms with Crippen LogP contribution in [0.4, 0.5) is 5.69 Å². The molecule has 1 aliphatic heterocycles. The number of para-hydroxylation sites is 1. The van der Waals surface area contributed by atoms with Gasteiger partial charge in [-0.1, -0.05) is 36.4 Å². The molecule has 1 unspecified atom stereocenters. The number of carbonyl (C=O) groups excluding carboxylic acids is 1. The van der Waals surface area contributed by atoms with E-state index >= 15 is 0 Å². The molecule has 1 aliphatic rings. The van der Waals surface area contributed by atoms with Gasteiger partial charge in [0.05, 0.1) is 11.2 Å². The zero-order valence-electron chi connectivity index (χ0n) is 14.1. The van der Waals surface area contributed by atoms with Gasteiger partial charge in [0, 0.05) is 19.0 Å². The largest absolute Gasteiger partial charge is 0.342 e. The highest BCUT2D eigenvalue weighted by Crippen LogP contribution is 2.29. The van der Waals surface area contributed by atoms with Crippen molar-refractivity contribution in [2.24, 2.45) is 0 Å². The Kier molecular flexibility index (Phi) is 4.48. The quantitative estimate of drug-likeness (QED) is 0.702. The first-order chi connectivity index (χ1) is 12.3. The molecule has 128 valence electrons. The maximum Gasteiger partial charge on any atom is 0.211 e. The molecule has 4 rings (SSSR count). The number of H-pyrrole nitrogens is 1. The molecule has 5 nitrogen and oxygen atoms in total. The number of rotatable bonds is 5. The number of likely N-dealkylation sites (tertiary alicyclic amines) is 1. The van der Waals surface area contributed by atoms with Crippen LogP contribution in [-0.2, 0) is 11.3 Å². The number of nitrogens with zero attached hydrogens (tertiary/aromatic N) is 2. The van der Waals surface area contributed by atoms with Crippen molar-refractivity contribution in [1.29, 1.82) is 0 Å². The number of aromatic nitrogens is 2. The van der Waals surface area contributed by atoms with E-state index in [0.717, 1.165) is 48.6 Å². The van der Waals surface area contributed by atoms with Crippen molar-refractivity contribution >= 4 is 23.1 Å². The number of amides is 1. The number of carbonyl (C=O) groups is 1. The lowest BCUT2D eigenvalue weighted by Crippen LogP contribution is -2.34. The van der Waals surface area contributed by atoms with Crippen LogP contribution in [0.2, 0.25) is 0 Å². The smallest absolute Gasteiger partial charge is 0.211 e. The summed E-state index contributed by atoms with van der Waals surface area (Å²) in [6.45, 7) is 3.12. The van der Waals surface area contributed by atoms with Gasteiger partial charge >= 0.3 is 0 Å². The highest BCUT2D eigenvalue weighted by Gasteiger charge is 2.24. The van der Waals surface area contributed by atoms with Crippen molar-refractivity contribution in [3.8, 4) is 0 Å². The molecule has 1 amide bonds. The Morgan fingerprint density at radius 2 is 2.08 bits per heavy atom. The second-order valence-corrected chi connectivity index (χ2v) is 6.65. The fourth-order valence-electron chi connectivity index (χ4n) is 3.69. The number of anilines is 1. The Bertz CT molecular complexity index is 859. The molecule has 1 saturated heterocycles. The fourth-order valence-corrected chi connectivity index (χ4v) is 3.69. The SMILES string of the molecule is O=CNc1cccc2[nH]c(C3CCCN(Cc4ccccc4)C3)nc12. The van der Waals surface area contributed by atoms with E-state index < -0.39 is 0 Å². The molecule has 0 spiro atoms. The molecule has 1 fully saturated rings. The predicted molar refractivity (Wildman–Crippen MR) is 99.5 cm³/mol. The summed E-state index contributed by atoms with van der Waals surface area (Å²) in [6, 6.07) is 16.4. The average Bonchev–Trinajstić information content (AvgIpc) is 3.09. The van der Waals surface area contributed by atoms with E-state index in [0.29, 0.717) is 12.3 Å². The Morgan fingerprint density at radius 1 is 1.20 bits per heavy atom. The van der Waals surface area contributed by atoms with Gasteiger partial charge in [0.15, 0.2) is 0 Å². The van der Waals surface area contributed by atoms with E-state index in [2.05, 4.69) is 45.5 Å². The van der Waals surface area contributed by atoms with Crippen LogP contribution in [0.5, 0.6) is 0 Å². The van der Waals surface area contributed by atoms with Gasteiger partial charge in [0.1, 0.15) is 11.3 Å². The van der Waals surface area contributed by atoms with E-state index in [9.17, 15) is 4.79 Å². The lowest BCUT2D eigenvalue weighted by atomic mass is 9.97. The Balaban J connectivity index is 1.54. The molecular formula is C20H22N4O. The summed E-state index contributed by atoms with van der Waals surface area (Å²) in [5, 5.41) is 2.73. The minimum absolute atomic E-state index is 0.397. The second kappa shape index (κ2) is 7.07. The monoisotopic (exact) mass is 334 g/mol. The van der Waals surface area contributed by atoms with E-state index in [4.69, 9.17) is 4.98 Å². The number of hydrogen-bond donors (Lipinski definition) is 2. The maximum absolute atomic E-state index is 10.8. The Labute approximate surface area is 147 Å². The zero-order valence-corrected chi connectivity index (χ0v) is 14.1. The van der Waals surface area contributed by atoms with E-state index in [1.807, 2.05) is 18.2 Å². The summed E-state index contributed by atoms with van der Waals surface area (Å²) < 4.78 is 0. The first-order valence-electron chi connectivity index (χ1n) is 8.78. The predicted octanol–water partition coefficient (Wildman–Crippen LogP) is 3.51. The second-order valence-electron chi connectivity index (χ2n) is 6.65. The summed E-state index contributed by atoms with van der Waals surface area (Å²) >= 11 is 0. The molecule has 0 aliphatic carbocycles. The van der Waals surface area contributed by atoms with E-state index in [1.54, 1.807) is 0 Å². The van der Waals surface area contributed by atoms with Crippen molar-refractivity contribution < 1.29 is 4.79 Å². The van der Waals surface area contributed by atoms with Gasteiger partial charge in [0.25, 0.3) is 0 Å². The minimum atomic E-state index is 0.397. The summed E-state index contributed by atoms with van der Waals surface area (Å²) in [6.07, 6.45) is 3.01. The fraction of sp³-hybridized carbons (Fsp3) is 0.300. The average molecular weight is 334 g/mol. The van der Waals surface area contributed by atoms with Gasteiger partial charge in [-0.25, -0.2) is 4.98 Å². The van der Waals surface area contributed by atoms with Gasteiger partial charge in [-0.2, -0.15) is 0 Å². The Hall–Kier alpha value is -2.66. The molecule has 2 heterocycles. The summed E-state index contributed by atoms with van der Waals surface area (Å²) in [5.41, 5.74) is 3.92. The molecule has 0 radical (unpaired) electrons. The van der Waals surface area contributed by atoms with Crippen molar-refractivity contribution in [3.63, 3.8) is 0 Å². The third-order valence-corrected chi connectivity index (χ3v) is 4.89. The van der Waals surface area contributed by atoms with Gasteiger partial charge in [-0.3, -0.25) is 9.69 Å². The van der Waals surface area contributed by atoms with Crippen LogP contribution in [0.25, 0.3) is 11.0 Å². The number of hydrogen-bond acceptors (Lipinski definition) is 3. The van der Waals surface area contributed by atoms with Crippen molar-refractivity contribution in [2.75, 3.05) is 18.4 Å². The molecule has 3 aromatic rings. The third kappa shape index (κ3) is 3.42. The van der Waals surface area contributed by atoms with Gasteiger partial charge in [-0.05, 0) is 37.1 Å². The van der Waals surface area contributed by atoms with Crippen LogP contribution in [0, 0.1) is 0 Å². The summed E-state index contributed by atoms with van der Waals surface area (Å²) in [7, 11) is 0. The molecule has 1 atom stereocenters. The van der Waals surface area contributed by atoms with Crippen LogP contribution >= 0.6 is 0 Å². The molecule has 0 bridgehead atoms. The van der Waals surface area contributed by atoms with Crippen molar-refractivity contribution in [3.05, 3.63) is 59.9 Å². The zero-order chi connectivity index (χ0) is 17.1. The van der Waals surface area contributed by atoms with Crippen LogP contribution in [-0.4, -0.2) is 34.4 Å². The summed E-state index contributed by atoms with van der Waals surface area (Å²) in [4.78, 5) is 21.5. The van der Waals surface area contributed by atoms with E-state index in [-0.39, 0.29) is 0 Å². The molecule has 0 saturated carbocycles. The van der Waals surface area contributed by atoms with Crippen molar-refractivity contribution in [1.82, 2.24) is 14.9 Å². The van der Waals surface area contributed by atoms with Gasteiger partial charge in [-0.15, -0.1) is 0 Å². The molecular weight excluding hydrogens is 312 g/mol. The van der Waals surface area contributed by atoms with E-state index in [1.165, 1.54) is 12.0 Å².